The van der Waals surface area contributed by atoms with Gasteiger partial charge in [-0.3, -0.25) is 19.4 Å². The number of aliphatic carboxylic acids is 1. The Morgan fingerprint density at radius 3 is 2.74 bits per heavy atom. The molecule has 0 saturated carbocycles. The number of carboxylic acid groups (broad SMARTS) is 1. The summed E-state index contributed by atoms with van der Waals surface area (Å²) in [6.07, 6.45) is 2.14. The highest BCUT2D eigenvalue weighted by molar-refractivity contribution is 5.93. The molecule has 3 N–H and O–H groups in total. The monoisotopic (exact) mass is 267 g/mol. The summed E-state index contributed by atoms with van der Waals surface area (Å²) in [5, 5.41) is 8.95. The van der Waals surface area contributed by atoms with Crippen LogP contribution >= 0.6 is 0 Å². The number of hydrogen-bond donors (Lipinski definition) is 3. The zero-order valence-corrected chi connectivity index (χ0v) is 10.0. The molecule has 1 aromatic rings. The third-order valence-electron chi connectivity index (χ3n) is 3.11. The molecule has 1 saturated heterocycles. The van der Waals surface area contributed by atoms with Gasteiger partial charge in [-0.05, 0) is 12.8 Å². The molecule has 1 aliphatic heterocycles. The first-order chi connectivity index (χ1) is 8.99. The number of nitrogens with one attached hydrogen (secondary N) is 2. The third kappa shape index (κ3) is 2.72. The van der Waals surface area contributed by atoms with Gasteiger partial charge < -0.3 is 15.0 Å². The topological polar surface area (TPSA) is 123 Å². The van der Waals surface area contributed by atoms with Crippen LogP contribution in [0.1, 0.15) is 23.2 Å². The summed E-state index contributed by atoms with van der Waals surface area (Å²) in [7, 11) is 0. The lowest BCUT2D eigenvalue weighted by Crippen LogP contribution is -2.44. The van der Waals surface area contributed by atoms with Gasteiger partial charge in [0.1, 0.15) is 5.56 Å². The second-order valence-electron chi connectivity index (χ2n) is 4.41. The van der Waals surface area contributed by atoms with Crippen LogP contribution in [-0.2, 0) is 4.79 Å². The van der Waals surface area contributed by atoms with E-state index in [2.05, 4.69) is 4.98 Å². The Labute approximate surface area is 107 Å². The standard InChI is InChI=1S/C11H13N3O5/c15-8-7(4-12-11(19)13-8)9(16)14-3-1-2-6(5-14)10(17)18/h4,6H,1-3,5H2,(H,17,18)(H2,12,13,15,19)/t6-/m1/s1. The van der Waals surface area contributed by atoms with Crippen LogP contribution in [-0.4, -0.2) is 44.9 Å². The molecule has 0 aliphatic carbocycles. The zero-order chi connectivity index (χ0) is 14.0. The lowest BCUT2D eigenvalue weighted by molar-refractivity contribution is -0.143. The van der Waals surface area contributed by atoms with Crippen LogP contribution in [0.2, 0.25) is 0 Å². The van der Waals surface area contributed by atoms with E-state index in [9.17, 15) is 19.2 Å². The van der Waals surface area contributed by atoms with Crippen molar-refractivity contribution in [2.45, 2.75) is 12.8 Å². The van der Waals surface area contributed by atoms with E-state index in [1.54, 1.807) is 0 Å². The van der Waals surface area contributed by atoms with E-state index in [4.69, 9.17) is 5.11 Å². The Bertz CT molecular complexity index is 617. The number of nitrogens with zero attached hydrogens (tertiary/aromatic N) is 1. The summed E-state index contributed by atoms with van der Waals surface area (Å²) in [6.45, 7) is 0.480. The van der Waals surface area contributed by atoms with Crippen molar-refractivity contribution in [3.63, 3.8) is 0 Å². The van der Waals surface area contributed by atoms with Crippen molar-refractivity contribution < 1.29 is 14.7 Å². The molecule has 0 spiro atoms. The minimum atomic E-state index is -0.951. The van der Waals surface area contributed by atoms with Crippen molar-refractivity contribution in [3.8, 4) is 0 Å². The largest absolute Gasteiger partial charge is 0.481 e. The Morgan fingerprint density at radius 2 is 2.11 bits per heavy atom. The Morgan fingerprint density at radius 1 is 1.37 bits per heavy atom. The van der Waals surface area contributed by atoms with Gasteiger partial charge in [-0.25, -0.2) is 4.79 Å². The third-order valence-corrected chi connectivity index (χ3v) is 3.11. The molecule has 8 heteroatoms. The van der Waals surface area contributed by atoms with Crippen molar-refractivity contribution >= 4 is 11.9 Å². The van der Waals surface area contributed by atoms with Gasteiger partial charge in [0.25, 0.3) is 11.5 Å². The molecule has 1 fully saturated rings. The average Bonchev–Trinajstić information content (AvgIpc) is 2.38. The maximum Gasteiger partial charge on any atom is 0.325 e. The number of carbonyl (C=O) groups excluding carboxylic acids is 1. The number of carbonyl (C=O) groups is 2. The molecule has 0 bridgehead atoms. The number of rotatable bonds is 2. The van der Waals surface area contributed by atoms with Gasteiger partial charge in [-0.2, -0.15) is 0 Å². The maximum absolute atomic E-state index is 12.1. The summed E-state index contributed by atoms with van der Waals surface area (Å²) in [4.78, 5) is 50.9. The number of H-pyrrole nitrogens is 2. The van der Waals surface area contributed by atoms with E-state index >= 15 is 0 Å². The Kier molecular flexibility index (Phi) is 3.50. The molecule has 1 aromatic heterocycles. The molecule has 2 rings (SSSR count). The summed E-state index contributed by atoms with van der Waals surface area (Å²) in [5.74, 6) is -2.13. The number of aromatic amines is 2. The fourth-order valence-electron chi connectivity index (χ4n) is 2.10. The molecule has 2 heterocycles. The predicted octanol–water partition coefficient (Wildman–Crippen LogP) is -1.000. The highest BCUT2D eigenvalue weighted by Gasteiger charge is 2.29. The number of amides is 1. The van der Waals surface area contributed by atoms with Gasteiger partial charge in [-0.15, -0.1) is 0 Å². The van der Waals surface area contributed by atoms with E-state index < -0.39 is 29.0 Å². The maximum atomic E-state index is 12.1. The number of carboxylic acids is 1. The summed E-state index contributed by atoms with van der Waals surface area (Å²) >= 11 is 0. The van der Waals surface area contributed by atoms with Crippen molar-refractivity contribution in [1.29, 1.82) is 0 Å². The van der Waals surface area contributed by atoms with E-state index in [0.29, 0.717) is 19.4 Å². The predicted molar refractivity (Wildman–Crippen MR) is 63.9 cm³/mol. The highest BCUT2D eigenvalue weighted by atomic mass is 16.4. The Hall–Kier alpha value is -2.38. The fraction of sp³-hybridized carbons (Fsp3) is 0.455. The van der Waals surface area contributed by atoms with Gasteiger partial charge >= 0.3 is 11.7 Å². The van der Waals surface area contributed by atoms with Crippen molar-refractivity contribution in [1.82, 2.24) is 14.9 Å². The fourth-order valence-corrected chi connectivity index (χ4v) is 2.10. The van der Waals surface area contributed by atoms with Crippen molar-refractivity contribution in [3.05, 3.63) is 32.6 Å². The summed E-state index contributed by atoms with van der Waals surface area (Å²) in [6, 6.07) is 0. The molecule has 1 aliphatic rings. The normalized spacial score (nSPS) is 19.2. The second kappa shape index (κ2) is 5.09. The molecule has 19 heavy (non-hydrogen) atoms. The molecular formula is C11H13N3O5. The molecular weight excluding hydrogens is 254 g/mol. The first kappa shape index (κ1) is 13.1. The first-order valence-electron chi connectivity index (χ1n) is 5.83. The molecule has 102 valence electrons. The van der Waals surface area contributed by atoms with Gasteiger partial charge in [0.05, 0.1) is 5.92 Å². The van der Waals surface area contributed by atoms with E-state index in [1.807, 2.05) is 4.98 Å². The van der Waals surface area contributed by atoms with Crippen molar-refractivity contribution in [2.75, 3.05) is 13.1 Å². The molecule has 8 nitrogen and oxygen atoms in total. The van der Waals surface area contributed by atoms with Crippen LogP contribution in [0.25, 0.3) is 0 Å². The quantitative estimate of drug-likeness (QED) is 0.634. The van der Waals surface area contributed by atoms with Crippen LogP contribution in [0.3, 0.4) is 0 Å². The summed E-state index contributed by atoms with van der Waals surface area (Å²) < 4.78 is 0. The molecule has 0 unspecified atom stereocenters. The first-order valence-corrected chi connectivity index (χ1v) is 5.83. The van der Waals surface area contributed by atoms with Crippen LogP contribution in [0.5, 0.6) is 0 Å². The summed E-state index contributed by atoms with van der Waals surface area (Å²) in [5.41, 5.74) is -1.65. The molecule has 0 radical (unpaired) electrons. The molecule has 1 amide bonds. The van der Waals surface area contributed by atoms with Crippen molar-refractivity contribution in [2.24, 2.45) is 5.92 Å². The SMILES string of the molecule is O=C(O)[C@@H]1CCCN(C(=O)c2c[nH]c(=O)[nH]c2=O)C1. The zero-order valence-electron chi connectivity index (χ0n) is 10.0. The smallest absolute Gasteiger partial charge is 0.325 e. The lowest BCUT2D eigenvalue weighted by Gasteiger charge is -2.30. The number of hydrogen-bond acceptors (Lipinski definition) is 4. The van der Waals surface area contributed by atoms with E-state index in [1.165, 1.54) is 4.90 Å². The Balaban J connectivity index is 2.22. The average molecular weight is 267 g/mol. The number of aromatic nitrogens is 2. The number of piperidine rings is 1. The minimum Gasteiger partial charge on any atom is -0.481 e. The van der Waals surface area contributed by atoms with Crippen LogP contribution in [0, 0.1) is 5.92 Å². The second-order valence-corrected chi connectivity index (χ2v) is 4.41. The lowest BCUT2D eigenvalue weighted by atomic mass is 9.98. The number of likely N-dealkylation sites (tertiary alicyclic amines) is 1. The van der Waals surface area contributed by atoms with Gasteiger partial charge in [-0.1, -0.05) is 0 Å². The molecule has 1 atom stereocenters. The highest BCUT2D eigenvalue weighted by Crippen LogP contribution is 2.17. The molecule has 0 aromatic carbocycles. The van der Waals surface area contributed by atoms with Gasteiger partial charge in [0.2, 0.25) is 0 Å². The van der Waals surface area contributed by atoms with Gasteiger partial charge in [0.15, 0.2) is 0 Å². The van der Waals surface area contributed by atoms with E-state index in [-0.39, 0.29) is 12.1 Å². The van der Waals surface area contributed by atoms with Crippen LogP contribution in [0.4, 0.5) is 0 Å². The minimum absolute atomic E-state index is 0.0761. The van der Waals surface area contributed by atoms with E-state index in [0.717, 1.165) is 6.20 Å². The van der Waals surface area contributed by atoms with Crippen LogP contribution in [0.15, 0.2) is 15.8 Å². The van der Waals surface area contributed by atoms with Gasteiger partial charge in [0, 0.05) is 19.3 Å². The van der Waals surface area contributed by atoms with Crippen LogP contribution < -0.4 is 11.2 Å².